The molecule has 0 fully saturated rings. The molecule has 0 aliphatic carbocycles. The number of hydrogen-bond acceptors (Lipinski definition) is 2. The third-order valence-electron chi connectivity index (χ3n) is 3.17. The molecule has 0 aromatic heterocycles. The van der Waals surface area contributed by atoms with E-state index in [2.05, 4.69) is 0 Å². The van der Waals surface area contributed by atoms with E-state index in [0.717, 1.165) is 11.1 Å². The lowest BCUT2D eigenvalue weighted by molar-refractivity contribution is -0.139. The van der Waals surface area contributed by atoms with Crippen molar-refractivity contribution in [2.24, 2.45) is 0 Å². The fourth-order valence-corrected chi connectivity index (χ4v) is 2.10. The summed E-state index contributed by atoms with van der Waals surface area (Å²) < 4.78 is 5.74. The minimum atomic E-state index is -0.885. The first kappa shape index (κ1) is 14.9. The molecule has 3 heteroatoms. The van der Waals surface area contributed by atoms with Crippen LogP contribution in [0.25, 0.3) is 6.08 Å². The lowest BCUT2D eigenvalue weighted by Gasteiger charge is -2.15. The van der Waals surface area contributed by atoms with Crippen LogP contribution in [0.1, 0.15) is 24.0 Å². The van der Waals surface area contributed by atoms with Crippen molar-refractivity contribution >= 4 is 12.0 Å². The maximum Gasteiger partial charge on any atom is 0.314 e. The molecule has 1 atom stereocenters. The Bertz CT molecular complexity index is 617. The van der Waals surface area contributed by atoms with Crippen molar-refractivity contribution in [2.75, 3.05) is 6.61 Å². The maximum atomic E-state index is 11.4. The zero-order valence-corrected chi connectivity index (χ0v) is 11.9. The molecule has 3 nitrogen and oxygen atoms in total. The van der Waals surface area contributed by atoms with Gasteiger partial charge in [-0.15, -0.1) is 0 Å². The van der Waals surface area contributed by atoms with Crippen LogP contribution in [0, 0.1) is 0 Å². The quantitative estimate of drug-likeness (QED) is 0.872. The largest absolute Gasteiger partial charge is 0.492 e. The predicted molar refractivity (Wildman–Crippen MR) is 83.5 cm³/mol. The molecule has 2 aromatic carbocycles. The van der Waals surface area contributed by atoms with E-state index in [9.17, 15) is 9.90 Å². The highest BCUT2D eigenvalue weighted by molar-refractivity contribution is 5.76. The Balaban J connectivity index is 2.15. The van der Waals surface area contributed by atoms with Crippen LogP contribution in [0.15, 0.2) is 60.7 Å². The van der Waals surface area contributed by atoms with Gasteiger partial charge in [0, 0.05) is 5.56 Å². The Morgan fingerprint density at radius 3 is 2.48 bits per heavy atom. The van der Waals surface area contributed by atoms with Gasteiger partial charge in [-0.05, 0) is 18.6 Å². The summed E-state index contributed by atoms with van der Waals surface area (Å²) in [5.74, 6) is -0.868. The summed E-state index contributed by atoms with van der Waals surface area (Å²) in [6.07, 6.45) is 3.86. The number of allylic oxidation sites excluding steroid dienone is 1. The van der Waals surface area contributed by atoms with Gasteiger partial charge in [-0.25, -0.2) is 0 Å². The molecule has 0 aliphatic rings. The summed E-state index contributed by atoms with van der Waals surface area (Å²) in [6.45, 7) is 2.04. The number of hydrogen-bond donors (Lipinski definition) is 1. The number of para-hydroxylation sites is 1. The van der Waals surface area contributed by atoms with Gasteiger partial charge in [0.15, 0.2) is 0 Å². The van der Waals surface area contributed by atoms with Crippen LogP contribution < -0.4 is 4.74 Å². The maximum absolute atomic E-state index is 11.4. The van der Waals surface area contributed by atoms with Gasteiger partial charge in [-0.2, -0.15) is 0 Å². The highest BCUT2D eigenvalue weighted by atomic mass is 16.5. The number of carboxylic acid groups (broad SMARTS) is 1. The average Bonchev–Trinajstić information content (AvgIpc) is 2.50. The first-order chi connectivity index (χ1) is 10.2. The van der Waals surface area contributed by atoms with Crippen LogP contribution in [0.2, 0.25) is 0 Å². The van der Waals surface area contributed by atoms with Crippen molar-refractivity contribution in [2.45, 2.75) is 12.8 Å². The molecule has 0 saturated carbocycles. The second kappa shape index (κ2) is 7.29. The first-order valence-electron chi connectivity index (χ1n) is 6.84. The van der Waals surface area contributed by atoms with Gasteiger partial charge in [0.25, 0.3) is 0 Å². The van der Waals surface area contributed by atoms with Gasteiger partial charge in [0.2, 0.25) is 0 Å². The number of aliphatic carboxylic acids is 1. The van der Waals surface area contributed by atoms with E-state index < -0.39 is 11.9 Å². The summed E-state index contributed by atoms with van der Waals surface area (Å²) in [6, 6.07) is 16.7. The molecule has 108 valence electrons. The molecule has 2 aromatic rings. The fourth-order valence-electron chi connectivity index (χ4n) is 2.10. The molecule has 0 bridgehead atoms. The van der Waals surface area contributed by atoms with Gasteiger partial charge in [-0.3, -0.25) is 4.79 Å². The number of carboxylic acids is 1. The van der Waals surface area contributed by atoms with Crippen molar-refractivity contribution in [1.82, 2.24) is 0 Å². The second-order valence-electron chi connectivity index (χ2n) is 4.65. The summed E-state index contributed by atoms with van der Waals surface area (Å²) in [5.41, 5.74) is 1.69. The Morgan fingerprint density at radius 2 is 1.81 bits per heavy atom. The van der Waals surface area contributed by atoms with E-state index in [-0.39, 0.29) is 6.61 Å². The van der Waals surface area contributed by atoms with Gasteiger partial charge in [0.1, 0.15) is 18.3 Å². The van der Waals surface area contributed by atoms with Gasteiger partial charge < -0.3 is 9.84 Å². The topological polar surface area (TPSA) is 46.5 Å². The van der Waals surface area contributed by atoms with E-state index in [1.54, 1.807) is 12.1 Å². The molecule has 0 aliphatic heterocycles. The van der Waals surface area contributed by atoms with E-state index in [1.807, 2.05) is 61.5 Å². The monoisotopic (exact) mass is 282 g/mol. The minimum absolute atomic E-state index is 0.105. The van der Waals surface area contributed by atoms with E-state index in [1.165, 1.54) is 0 Å². The second-order valence-corrected chi connectivity index (χ2v) is 4.65. The fraction of sp³-hybridized carbons (Fsp3) is 0.167. The summed E-state index contributed by atoms with van der Waals surface area (Å²) in [4.78, 5) is 11.4. The molecule has 0 amide bonds. The lowest BCUT2D eigenvalue weighted by atomic mass is 10.0. The Morgan fingerprint density at radius 1 is 1.14 bits per heavy atom. The predicted octanol–water partition coefficient (Wildman–Crippen LogP) is 3.97. The van der Waals surface area contributed by atoms with Crippen molar-refractivity contribution in [3.05, 3.63) is 71.8 Å². The van der Waals surface area contributed by atoms with Crippen LogP contribution in [-0.4, -0.2) is 17.7 Å². The third kappa shape index (κ3) is 3.96. The summed E-state index contributed by atoms with van der Waals surface area (Å²) >= 11 is 0. The molecule has 0 saturated heterocycles. The van der Waals surface area contributed by atoms with Crippen LogP contribution >= 0.6 is 0 Å². The Labute approximate surface area is 124 Å². The lowest BCUT2D eigenvalue weighted by Crippen LogP contribution is -2.19. The van der Waals surface area contributed by atoms with Crippen LogP contribution in [0.3, 0.4) is 0 Å². The van der Waals surface area contributed by atoms with E-state index in [0.29, 0.717) is 5.75 Å². The standard InChI is InChI=1S/C18H18O3/c1-2-8-15-11-6-7-12-17(15)21-13-16(18(19)20)14-9-4-3-5-10-14/h2-12,16H,13H2,1H3,(H,19,20). The Kier molecular flexibility index (Phi) is 5.16. The van der Waals surface area contributed by atoms with Crippen LogP contribution in [0.5, 0.6) is 5.75 Å². The van der Waals surface area contributed by atoms with Crippen molar-refractivity contribution < 1.29 is 14.6 Å². The normalized spacial score (nSPS) is 12.2. The molecular weight excluding hydrogens is 264 g/mol. The number of benzene rings is 2. The van der Waals surface area contributed by atoms with Crippen LogP contribution in [0.4, 0.5) is 0 Å². The molecule has 21 heavy (non-hydrogen) atoms. The highest BCUT2D eigenvalue weighted by Gasteiger charge is 2.20. The zero-order chi connectivity index (χ0) is 15.1. The summed E-state index contributed by atoms with van der Waals surface area (Å²) in [5, 5.41) is 9.38. The third-order valence-corrected chi connectivity index (χ3v) is 3.17. The molecule has 0 spiro atoms. The molecular formula is C18H18O3. The number of carbonyl (C=O) groups is 1. The minimum Gasteiger partial charge on any atom is -0.492 e. The molecule has 1 N–H and O–H groups in total. The highest BCUT2D eigenvalue weighted by Crippen LogP contribution is 2.23. The average molecular weight is 282 g/mol. The smallest absolute Gasteiger partial charge is 0.314 e. The van der Waals surface area contributed by atoms with Gasteiger partial charge >= 0.3 is 5.97 Å². The molecule has 2 rings (SSSR count). The Hall–Kier alpha value is -2.55. The van der Waals surface area contributed by atoms with Gasteiger partial charge in [-0.1, -0.05) is 60.7 Å². The van der Waals surface area contributed by atoms with Crippen molar-refractivity contribution in [3.8, 4) is 5.75 Å². The summed E-state index contributed by atoms with van der Waals surface area (Å²) in [7, 11) is 0. The van der Waals surface area contributed by atoms with E-state index in [4.69, 9.17) is 4.74 Å². The van der Waals surface area contributed by atoms with Crippen molar-refractivity contribution in [3.63, 3.8) is 0 Å². The SMILES string of the molecule is CC=Cc1ccccc1OCC(C(=O)O)c1ccccc1. The van der Waals surface area contributed by atoms with Crippen molar-refractivity contribution in [1.29, 1.82) is 0 Å². The molecule has 0 radical (unpaired) electrons. The first-order valence-corrected chi connectivity index (χ1v) is 6.84. The van der Waals surface area contributed by atoms with Crippen LogP contribution in [-0.2, 0) is 4.79 Å². The molecule has 0 heterocycles. The van der Waals surface area contributed by atoms with Gasteiger partial charge in [0.05, 0.1) is 0 Å². The molecule has 1 unspecified atom stereocenters. The zero-order valence-electron chi connectivity index (χ0n) is 11.9. The number of ether oxygens (including phenoxy) is 1. The van der Waals surface area contributed by atoms with E-state index >= 15 is 0 Å². The number of rotatable bonds is 6.